The summed E-state index contributed by atoms with van der Waals surface area (Å²) >= 11 is 0. The molecule has 0 aliphatic carbocycles. The van der Waals surface area contributed by atoms with E-state index in [-0.39, 0.29) is 19.0 Å². The molecule has 1 aromatic carbocycles. The van der Waals surface area contributed by atoms with Gasteiger partial charge < -0.3 is 15.3 Å². The Balaban J connectivity index is 1.70. The van der Waals surface area contributed by atoms with Crippen molar-refractivity contribution in [2.45, 2.75) is 19.5 Å². The summed E-state index contributed by atoms with van der Waals surface area (Å²) in [5, 5.41) is 11.7. The number of benzene rings is 1. The number of nitrogens with one attached hydrogen (secondary N) is 1. The van der Waals surface area contributed by atoms with Crippen molar-refractivity contribution in [3.05, 3.63) is 35.1 Å². The number of aliphatic imine (C=N–C) groups is 1. The SMILES string of the molecule is Cc1cc(CNC(=O)C2N=C(N3CCN(CCO)CC3)N(C)C(=O)C2=O)ccc1F. The van der Waals surface area contributed by atoms with Crippen LogP contribution in [0.25, 0.3) is 0 Å². The molecule has 2 aliphatic rings. The number of rotatable bonds is 5. The van der Waals surface area contributed by atoms with Crippen molar-refractivity contribution in [2.24, 2.45) is 4.99 Å². The van der Waals surface area contributed by atoms with Crippen molar-refractivity contribution in [3.8, 4) is 0 Å². The van der Waals surface area contributed by atoms with Gasteiger partial charge in [0.05, 0.1) is 6.61 Å². The number of guanidine groups is 1. The zero-order chi connectivity index (χ0) is 21.8. The van der Waals surface area contributed by atoms with Gasteiger partial charge in [-0.15, -0.1) is 0 Å². The first-order valence-electron chi connectivity index (χ1n) is 9.82. The number of β-amino-alcohol motifs (C(OH)–C–C–N with tert-alkyl or cyclic N) is 1. The van der Waals surface area contributed by atoms with Gasteiger partial charge in [-0.25, -0.2) is 9.38 Å². The van der Waals surface area contributed by atoms with Gasteiger partial charge >= 0.3 is 0 Å². The van der Waals surface area contributed by atoms with Gasteiger partial charge in [0.1, 0.15) is 5.82 Å². The smallest absolute Gasteiger partial charge is 0.299 e. The van der Waals surface area contributed by atoms with Gasteiger partial charge in [-0.3, -0.25) is 24.2 Å². The van der Waals surface area contributed by atoms with Crippen LogP contribution in [-0.4, -0.2) is 95.8 Å². The fourth-order valence-electron chi connectivity index (χ4n) is 3.52. The van der Waals surface area contributed by atoms with E-state index in [4.69, 9.17) is 5.11 Å². The maximum Gasteiger partial charge on any atom is 0.299 e. The number of amides is 2. The lowest BCUT2D eigenvalue weighted by Gasteiger charge is -2.39. The third kappa shape index (κ3) is 4.65. The summed E-state index contributed by atoms with van der Waals surface area (Å²) in [7, 11) is 1.47. The fraction of sp³-hybridized carbons (Fsp3) is 0.500. The van der Waals surface area contributed by atoms with E-state index in [0.29, 0.717) is 49.8 Å². The number of aryl methyl sites for hydroxylation is 1. The Hall–Kier alpha value is -2.85. The van der Waals surface area contributed by atoms with Crippen molar-refractivity contribution >= 4 is 23.6 Å². The number of nitrogens with zero attached hydrogens (tertiary/aromatic N) is 4. The summed E-state index contributed by atoms with van der Waals surface area (Å²) in [4.78, 5) is 46.8. The molecule has 30 heavy (non-hydrogen) atoms. The van der Waals surface area contributed by atoms with Crippen LogP contribution in [0.1, 0.15) is 11.1 Å². The van der Waals surface area contributed by atoms with Crippen LogP contribution in [0, 0.1) is 12.7 Å². The second-order valence-electron chi connectivity index (χ2n) is 7.41. The molecule has 0 aromatic heterocycles. The van der Waals surface area contributed by atoms with E-state index in [0.717, 1.165) is 0 Å². The van der Waals surface area contributed by atoms with Crippen LogP contribution >= 0.6 is 0 Å². The molecule has 0 spiro atoms. The summed E-state index contributed by atoms with van der Waals surface area (Å²) in [5.41, 5.74) is 1.13. The third-order valence-electron chi connectivity index (χ3n) is 5.32. The molecule has 2 heterocycles. The zero-order valence-electron chi connectivity index (χ0n) is 17.1. The lowest BCUT2D eigenvalue weighted by Crippen LogP contribution is -2.60. The van der Waals surface area contributed by atoms with Crippen molar-refractivity contribution in [1.29, 1.82) is 0 Å². The predicted molar refractivity (Wildman–Crippen MR) is 107 cm³/mol. The van der Waals surface area contributed by atoms with Gasteiger partial charge in [0.15, 0.2) is 6.04 Å². The Morgan fingerprint density at radius 3 is 2.60 bits per heavy atom. The number of Topliss-reactive ketones (excluding diaryl/α,β-unsaturated/α-hetero) is 1. The molecule has 2 aliphatic heterocycles. The number of carbonyl (C=O) groups excluding carboxylic acids is 3. The number of carbonyl (C=O) groups is 3. The third-order valence-corrected chi connectivity index (χ3v) is 5.32. The van der Waals surface area contributed by atoms with Crippen LogP contribution < -0.4 is 5.32 Å². The number of ketones is 1. The molecule has 1 fully saturated rings. The van der Waals surface area contributed by atoms with Gasteiger partial charge in [-0.05, 0) is 24.1 Å². The number of likely N-dealkylation sites (N-methyl/N-ethyl adjacent to an activating group) is 1. The number of piperazine rings is 1. The summed E-state index contributed by atoms with van der Waals surface area (Å²) in [6.45, 7) is 4.84. The van der Waals surface area contributed by atoms with Crippen molar-refractivity contribution in [2.75, 3.05) is 46.4 Å². The number of hydrogen-bond acceptors (Lipinski definition) is 7. The minimum absolute atomic E-state index is 0.0731. The summed E-state index contributed by atoms with van der Waals surface area (Å²) in [5.74, 6) is -2.38. The average molecular weight is 419 g/mol. The monoisotopic (exact) mass is 419 g/mol. The Bertz CT molecular complexity index is 867. The minimum atomic E-state index is -1.44. The van der Waals surface area contributed by atoms with Crippen LogP contribution in [0.15, 0.2) is 23.2 Å². The van der Waals surface area contributed by atoms with Crippen LogP contribution in [0.5, 0.6) is 0 Å². The average Bonchev–Trinajstić information content (AvgIpc) is 2.74. The molecule has 0 bridgehead atoms. The molecule has 3 rings (SSSR count). The molecule has 1 saturated heterocycles. The van der Waals surface area contributed by atoms with E-state index in [1.807, 2.05) is 4.90 Å². The normalized spacial score (nSPS) is 20.4. The van der Waals surface area contributed by atoms with Crippen LogP contribution in [0.4, 0.5) is 4.39 Å². The molecule has 2 N–H and O–H groups in total. The first-order chi connectivity index (χ1) is 14.3. The number of halogens is 1. The molecule has 0 radical (unpaired) electrons. The molecule has 0 saturated carbocycles. The first-order valence-corrected chi connectivity index (χ1v) is 9.82. The number of hydrogen-bond donors (Lipinski definition) is 2. The maximum absolute atomic E-state index is 13.4. The second kappa shape index (κ2) is 9.31. The Kier molecular flexibility index (Phi) is 6.78. The van der Waals surface area contributed by atoms with E-state index in [9.17, 15) is 18.8 Å². The Morgan fingerprint density at radius 2 is 1.97 bits per heavy atom. The highest BCUT2D eigenvalue weighted by molar-refractivity contribution is 6.45. The minimum Gasteiger partial charge on any atom is -0.395 e. The Morgan fingerprint density at radius 1 is 1.27 bits per heavy atom. The highest BCUT2D eigenvalue weighted by atomic mass is 19.1. The number of aliphatic hydroxyl groups excluding tert-OH is 1. The van der Waals surface area contributed by atoms with Gasteiger partial charge in [0, 0.05) is 46.3 Å². The van der Waals surface area contributed by atoms with Gasteiger partial charge in [0.25, 0.3) is 17.6 Å². The highest BCUT2D eigenvalue weighted by Gasteiger charge is 2.41. The van der Waals surface area contributed by atoms with Gasteiger partial charge in [-0.1, -0.05) is 12.1 Å². The molecular formula is C20H26FN5O4. The first kappa shape index (κ1) is 21.8. The Labute approximate surface area is 174 Å². The number of aliphatic hydroxyl groups is 1. The topological polar surface area (TPSA) is 106 Å². The summed E-state index contributed by atoms with van der Waals surface area (Å²) in [6, 6.07) is 3.02. The van der Waals surface area contributed by atoms with E-state index in [2.05, 4.69) is 15.2 Å². The molecule has 9 nitrogen and oxygen atoms in total. The van der Waals surface area contributed by atoms with Gasteiger partial charge in [-0.2, -0.15) is 0 Å². The second-order valence-corrected chi connectivity index (χ2v) is 7.41. The van der Waals surface area contributed by atoms with Crippen molar-refractivity contribution < 1.29 is 23.9 Å². The molecule has 10 heteroatoms. The van der Waals surface area contributed by atoms with E-state index < -0.39 is 23.6 Å². The lowest BCUT2D eigenvalue weighted by molar-refractivity contribution is -0.145. The highest BCUT2D eigenvalue weighted by Crippen LogP contribution is 2.14. The summed E-state index contributed by atoms with van der Waals surface area (Å²) in [6.07, 6.45) is 0. The standard InChI is InChI=1S/C20H26FN5O4/c1-13-11-14(3-4-15(13)21)12-22-18(29)16-17(28)19(30)24(2)20(23-16)26-7-5-25(6-8-26)9-10-27/h3-4,11,16,27H,5-10,12H2,1-2H3,(H,22,29). The molecular weight excluding hydrogens is 393 g/mol. The van der Waals surface area contributed by atoms with Gasteiger partial charge in [0.2, 0.25) is 5.96 Å². The molecule has 1 unspecified atom stereocenters. The van der Waals surface area contributed by atoms with Crippen LogP contribution in [-0.2, 0) is 20.9 Å². The van der Waals surface area contributed by atoms with Crippen molar-refractivity contribution in [1.82, 2.24) is 20.0 Å². The van der Waals surface area contributed by atoms with E-state index >= 15 is 0 Å². The predicted octanol–water partition coefficient (Wildman–Crippen LogP) is -0.874. The quantitative estimate of drug-likeness (QED) is 0.475. The van der Waals surface area contributed by atoms with Crippen LogP contribution in [0.3, 0.4) is 0 Å². The largest absolute Gasteiger partial charge is 0.395 e. The molecule has 2 amide bonds. The van der Waals surface area contributed by atoms with Crippen molar-refractivity contribution in [3.63, 3.8) is 0 Å². The molecule has 1 atom stereocenters. The van der Waals surface area contributed by atoms with E-state index in [1.54, 1.807) is 19.1 Å². The fourth-order valence-corrected chi connectivity index (χ4v) is 3.52. The molecule has 162 valence electrons. The summed E-state index contributed by atoms with van der Waals surface area (Å²) < 4.78 is 13.4. The lowest BCUT2D eigenvalue weighted by atomic mass is 10.1. The zero-order valence-corrected chi connectivity index (χ0v) is 17.1. The van der Waals surface area contributed by atoms with E-state index in [1.165, 1.54) is 18.0 Å². The molecule has 1 aromatic rings. The van der Waals surface area contributed by atoms with Crippen LogP contribution in [0.2, 0.25) is 0 Å². The maximum atomic E-state index is 13.4.